The van der Waals surface area contributed by atoms with Crippen molar-refractivity contribution in [1.82, 2.24) is 0 Å². The van der Waals surface area contributed by atoms with Gasteiger partial charge >= 0.3 is 11.9 Å². The second-order valence-electron chi connectivity index (χ2n) is 5.10. The predicted molar refractivity (Wildman–Crippen MR) is 81.4 cm³/mol. The SMILES string of the molecule is COc1ccc(C2(C(=O)O)C=CC(C)=C(C(=O)O)C2)cc1Cl. The minimum Gasteiger partial charge on any atom is -0.495 e. The van der Waals surface area contributed by atoms with Crippen molar-refractivity contribution in [3.63, 3.8) is 0 Å². The number of halogens is 1. The fourth-order valence-electron chi connectivity index (χ4n) is 2.50. The Morgan fingerprint density at radius 2 is 2.00 bits per heavy atom. The summed E-state index contributed by atoms with van der Waals surface area (Å²) in [6, 6.07) is 4.66. The predicted octanol–water partition coefficient (Wildman–Crippen LogP) is 3.03. The Balaban J connectivity index is 2.57. The summed E-state index contributed by atoms with van der Waals surface area (Å²) in [4.78, 5) is 23.2. The number of hydrogen-bond donors (Lipinski definition) is 2. The van der Waals surface area contributed by atoms with Crippen LogP contribution in [-0.2, 0) is 15.0 Å². The molecule has 0 amide bonds. The van der Waals surface area contributed by atoms with Crippen molar-refractivity contribution in [3.8, 4) is 5.75 Å². The Bertz CT molecular complexity index is 704. The molecule has 2 N–H and O–H groups in total. The first-order valence-electron chi connectivity index (χ1n) is 6.51. The van der Waals surface area contributed by atoms with Crippen LogP contribution in [0.2, 0.25) is 5.02 Å². The maximum absolute atomic E-state index is 11.9. The van der Waals surface area contributed by atoms with E-state index in [1.54, 1.807) is 19.1 Å². The van der Waals surface area contributed by atoms with Crippen LogP contribution in [0.5, 0.6) is 5.75 Å². The third kappa shape index (κ3) is 2.60. The van der Waals surface area contributed by atoms with E-state index in [1.807, 2.05) is 0 Å². The lowest BCUT2D eigenvalue weighted by Gasteiger charge is -2.30. The van der Waals surface area contributed by atoms with E-state index in [0.29, 0.717) is 16.9 Å². The molecular weight excluding hydrogens is 308 g/mol. The summed E-state index contributed by atoms with van der Waals surface area (Å²) in [7, 11) is 1.46. The number of benzene rings is 1. The van der Waals surface area contributed by atoms with Crippen molar-refractivity contribution in [2.45, 2.75) is 18.8 Å². The molecule has 22 heavy (non-hydrogen) atoms. The molecule has 1 aliphatic rings. The van der Waals surface area contributed by atoms with Gasteiger partial charge in [-0.3, -0.25) is 4.79 Å². The monoisotopic (exact) mass is 322 g/mol. The van der Waals surface area contributed by atoms with Gasteiger partial charge in [0.15, 0.2) is 0 Å². The second-order valence-corrected chi connectivity index (χ2v) is 5.51. The lowest BCUT2D eigenvalue weighted by Crippen LogP contribution is -2.37. The largest absolute Gasteiger partial charge is 0.495 e. The van der Waals surface area contributed by atoms with Gasteiger partial charge in [-0.05, 0) is 30.2 Å². The molecule has 0 bridgehead atoms. The molecule has 0 saturated heterocycles. The van der Waals surface area contributed by atoms with Gasteiger partial charge in [0.1, 0.15) is 11.2 Å². The maximum atomic E-state index is 11.9. The number of carbonyl (C=O) groups is 2. The Hall–Kier alpha value is -2.27. The number of carboxylic acid groups (broad SMARTS) is 2. The van der Waals surface area contributed by atoms with Gasteiger partial charge in [0.2, 0.25) is 0 Å². The minimum atomic E-state index is -1.46. The summed E-state index contributed by atoms with van der Waals surface area (Å²) >= 11 is 6.07. The average molecular weight is 323 g/mol. The highest BCUT2D eigenvalue weighted by Crippen LogP contribution is 2.40. The van der Waals surface area contributed by atoms with Crippen LogP contribution in [0.4, 0.5) is 0 Å². The van der Waals surface area contributed by atoms with Gasteiger partial charge in [0, 0.05) is 12.0 Å². The van der Waals surface area contributed by atoms with Crippen LogP contribution in [0, 0.1) is 0 Å². The second kappa shape index (κ2) is 5.85. The standard InChI is InChI=1S/C16H15ClO5/c1-9-5-6-16(15(20)21,8-11(9)14(18)19)10-3-4-13(22-2)12(17)7-10/h3-7H,8H2,1-2H3,(H,18,19)(H,20,21). The molecule has 0 spiro atoms. The van der Waals surface area contributed by atoms with Crippen molar-refractivity contribution in [3.05, 3.63) is 52.1 Å². The number of hydrogen-bond acceptors (Lipinski definition) is 3. The first-order chi connectivity index (χ1) is 10.3. The van der Waals surface area contributed by atoms with Gasteiger partial charge in [0.25, 0.3) is 0 Å². The van der Waals surface area contributed by atoms with Gasteiger partial charge in [-0.2, -0.15) is 0 Å². The van der Waals surface area contributed by atoms with E-state index < -0.39 is 17.4 Å². The van der Waals surface area contributed by atoms with Crippen molar-refractivity contribution >= 4 is 23.5 Å². The van der Waals surface area contributed by atoms with Crippen molar-refractivity contribution in [2.75, 3.05) is 7.11 Å². The summed E-state index contributed by atoms with van der Waals surface area (Å²) in [5, 5.41) is 19.3. The highest BCUT2D eigenvalue weighted by Gasteiger charge is 2.42. The van der Waals surface area contributed by atoms with Crippen molar-refractivity contribution in [1.29, 1.82) is 0 Å². The first kappa shape index (κ1) is 16.1. The number of allylic oxidation sites excluding steroid dienone is 2. The third-order valence-corrected chi connectivity index (χ3v) is 4.15. The molecule has 0 aromatic heterocycles. The topological polar surface area (TPSA) is 83.8 Å². The summed E-state index contributed by atoms with van der Waals surface area (Å²) < 4.78 is 5.06. The Morgan fingerprint density at radius 1 is 1.32 bits per heavy atom. The molecule has 0 radical (unpaired) electrons. The summed E-state index contributed by atoms with van der Waals surface area (Å²) in [6.45, 7) is 1.65. The van der Waals surface area contributed by atoms with Crippen LogP contribution < -0.4 is 4.74 Å². The van der Waals surface area contributed by atoms with Gasteiger partial charge in [-0.1, -0.05) is 29.8 Å². The molecule has 6 heteroatoms. The quantitative estimate of drug-likeness (QED) is 0.890. The van der Waals surface area contributed by atoms with E-state index in [4.69, 9.17) is 16.3 Å². The van der Waals surface area contributed by atoms with E-state index >= 15 is 0 Å². The average Bonchev–Trinajstić information content (AvgIpc) is 2.47. The number of carboxylic acids is 2. The van der Waals surface area contributed by atoms with Gasteiger partial charge in [-0.25, -0.2) is 4.79 Å². The molecule has 1 aromatic carbocycles. The smallest absolute Gasteiger partial charge is 0.331 e. The molecule has 116 valence electrons. The molecular formula is C16H15ClO5. The van der Waals surface area contributed by atoms with E-state index in [2.05, 4.69) is 0 Å². The maximum Gasteiger partial charge on any atom is 0.331 e. The Kier molecular flexibility index (Phi) is 4.28. The summed E-state index contributed by atoms with van der Waals surface area (Å²) in [6.07, 6.45) is 2.90. The first-order valence-corrected chi connectivity index (χ1v) is 6.89. The summed E-state index contributed by atoms with van der Waals surface area (Å²) in [5.41, 5.74) is -0.419. The lowest BCUT2D eigenvalue weighted by atomic mass is 9.71. The van der Waals surface area contributed by atoms with E-state index in [1.165, 1.54) is 25.3 Å². The highest BCUT2D eigenvalue weighted by molar-refractivity contribution is 6.32. The normalized spacial score (nSPS) is 20.9. The molecule has 1 aromatic rings. The van der Waals surface area contributed by atoms with E-state index in [9.17, 15) is 19.8 Å². The number of methoxy groups -OCH3 is 1. The Labute approximate surface area is 132 Å². The zero-order valence-corrected chi connectivity index (χ0v) is 12.8. The molecule has 0 fully saturated rings. The fraction of sp³-hybridized carbons (Fsp3) is 0.250. The van der Waals surface area contributed by atoms with Crippen LogP contribution >= 0.6 is 11.6 Å². The van der Waals surface area contributed by atoms with Crippen molar-refractivity contribution < 1.29 is 24.5 Å². The van der Waals surface area contributed by atoms with Gasteiger partial charge in [0.05, 0.1) is 12.1 Å². The Morgan fingerprint density at radius 3 is 2.50 bits per heavy atom. The fourth-order valence-corrected chi connectivity index (χ4v) is 2.76. The van der Waals surface area contributed by atoms with Crippen LogP contribution in [0.15, 0.2) is 41.5 Å². The van der Waals surface area contributed by atoms with Crippen LogP contribution in [0.1, 0.15) is 18.9 Å². The zero-order chi connectivity index (χ0) is 16.5. The van der Waals surface area contributed by atoms with Gasteiger partial charge < -0.3 is 14.9 Å². The lowest BCUT2D eigenvalue weighted by molar-refractivity contribution is -0.142. The molecule has 1 unspecified atom stereocenters. The minimum absolute atomic E-state index is 0.0804. The molecule has 0 saturated carbocycles. The zero-order valence-electron chi connectivity index (χ0n) is 12.1. The summed E-state index contributed by atoms with van der Waals surface area (Å²) in [5.74, 6) is -1.82. The molecule has 5 nitrogen and oxygen atoms in total. The van der Waals surface area contributed by atoms with E-state index in [0.717, 1.165) is 0 Å². The van der Waals surface area contributed by atoms with E-state index in [-0.39, 0.29) is 17.0 Å². The number of rotatable bonds is 4. The third-order valence-electron chi connectivity index (χ3n) is 3.86. The van der Waals surface area contributed by atoms with Crippen molar-refractivity contribution in [2.24, 2.45) is 0 Å². The van der Waals surface area contributed by atoms with Crippen LogP contribution in [0.25, 0.3) is 0 Å². The molecule has 1 atom stereocenters. The molecule has 0 aliphatic heterocycles. The highest BCUT2D eigenvalue weighted by atomic mass is 35.5. The number of aliphatic carboxylic acids is 2. The van der Waals surface area contributed by atoms with Crippen LogP contribution in [0.3, 0.4) is 0 Å². The molecule has 0 heterocycles. The molecule has 1 aliphatic carbocycles. The van der Waals surface area contributed by atoms with Gasteiger partial charge in [-0.15, -0.1) is 0 Å². The number of ether oxygens (including phenoxy) is 1. The molecule has 2 rings (SSSR count). The van der Waals surface area contributed by atoms with Crippen LogP contribution in [-0.4, -0.2) is 29.3 Å².